The third-order valence-corrected chi connectivity index (χ3v) is 4.32. The fourth-order valence-electron chi connectivity index (χ4n) is 2.92. The van der Waals surface area contributed by atoms with Crippen LogP contribution in [0, 0.1) is 0 Å². The van der Waals surface area contributed by atoms with Gasteiger partial charge in [-0.25, -0.2) is 4.98 Å². The van der Waals surface area contributed by atoms with Crippen molar-refractivity contribution in [2.45, 2.75) is 38.7 Å². The number of carbonyl (C=O) groups excluding carboxylic acids is 1. The summed E-state index contributed by atoms with van der Waals surface area (Å²) in [5.41, 5.74) is 0.352. The number of hydrogen-bond donors (Lipinski definition) is 0. The summed E-state index contributed by atoms with van der Waals surface area (Å²) in [6.45, 7) is 1.75. The van der Waals surface area contributed by atoms with E-state index in [0.29, 0.717) is 17.3 Å². The van der Waals surface area contributed by atoms with E-state index in [2.05, 4.69) is 4.98 Å². The lowest BCUT2D eigenvalue weighted by atomic mass is 10.1. The molecule has 1 fully saturated rings. The number of benzene rings is 1. The standard InChI is InChI=1S/C19H24N2O4/c1-23-15-8-7-9-16(12-15)24-14-18-20-17(13-25-18)19(22)21-10-5-3-2-4-6-11-21/h7-9,12-13H,2-6,10-11,14H2,1H3. The third-order valence-electron chi connectivity index (χ3n) is 4.32. The molecule has 2 aromatic rings. The monoisotopic (exact) mass is 344 g/mol. The molecule has 1 aliphatic heterocycles. The van der Waals surface area contributed by atoms with E-state index in [1.807, 2.05) is 23.1 Å². The largest absolute Gasteiger partial charge is 0.497 e. The Bertz CT molecular complexity index is 690. The highest BCUT2D eigenvalue weighted by Gasteiger charge is 2.20. The number of carbonyl (C=O) groups is 1. The van der Waals surface area contributed by atoms with Crippen LogP contribution in [0.2, 0.25) is 0 Å². The molecule has 2 heterocycles. The van der Waals surface area contributed by atoms with Crippen molar-refractivity contribution in [3.63, 3.8) is 0 Å². The minimum absolute atomic E-state index is 0.0571. The average Bonchev–Trinajstić information content (AvgIpc) is 3.08. The second-order valence-electron chi connectivity index (χ2n) is 6.15. The number of likely N-dealkylation sites (tertiary alicyclic amines) is 1. The Morgan fingerprint density at radius 2 is 1.88 bits per heavy atom. The summed E-state index contributed by atoms with van der Waals surface area (Å²) in [6, 6.07) is 7.31. The zero-order chi connectivity index (χ0) is 17.5. The van der Waals surface area contributed by atoms with E-state index in [9.17, 15) is 4.79 Å². The zero-order valence-corrected chi connectivity index (χ0v) is 14.6. The van der Waals surface area contributed by atoms with E-state index in [4.69, 9.17) is 13.9 Å². The predicted molar refractivity (Wildman–Crippen MR) is 92.8 cm³/mol. The Kier molecular flexibility index (Phi) is 5.93. The normalized spacial score (nSPS) is 15.3. The smallest absolute Gasteiger partial charge is 0.275 e. The number of amides is 1. The van der Waals surface area contributed by atoms with Crippen LogP contribution in [0.3, 0.4) is 0 Å². The lowest BCUT2D eigenvalue weighted by Gasteiger charge is -2.23. The molecular formula is C19H24N2O4. The number of rotatable bonds is 5. The van der Waals surface area contributed by atoms with E-state index in [1.165, 1.54) is 25.5 Å². The molecule has 0 spiro atoms. The molecule has 0 unspecified atom stereocenters. The van der Waals surface area contributed by atoms with Gasteiger partial charge in [0.25, 0.3) is 5.91 Å². The molecule has 1 aromatic carbocycles. The van der Waals surface area contributed by atoms with E-state index in [0.717, 1.165) is 31.7 Å². The Hall–Kier alpha value is -2.50. The van der Waals surface area contributed by atoms with Crippen LogP contribution in [0.5, 0.6) is 11.5 Å². The van der Waals surface area contributed by atoms with E-state index in [-0.39, 0.29) is 12.5 Å². The highest BCUT2D eigenvalue weighted by Crippen LogP contribution is 2.20. The zero-order valence-electron chi connectivity index (χ0n) is 14.6. The van der Waals surface area contributed by atoms with Crippen molar-refractivity contribution in [1.82, 2.24) is 9.88 Å². The van der Waals surface area contributed by atoms with Gasteiger partial charge in [-0.2, -0.15) is 0 Å². The first-order valence-corrected chi connectivity index (χ1v) is 8.77. The van der Waals surface area contributed by atoms with Crippen molar-refractivity contribution in [1.29, 1.82) is 0 Å². The lowest BCUT2D eigenvalue weighted by molar-refractivity contribution is 0.0736. The molecule has 6 heteroatoms. The second-order valence-corrected chi connectivity index (χ2v) is 6.15. The fraction of sp³-hybridized carbons (Fsp3) is 0.474. The number of nitrogens with zero attached hydrogens (tertiary/aromatic N) is 2. The Balaban J connectivity index is 1.58. The first kappa shape index (κ1) is 17.3. The van der Waals surface area contributed by atoms with Crippen LogP contribution in [0.1, 0.15) is 48.5 Å². The quantitative estimate of drug-likeness (QED) is 0.828. The topological polar surface area (TPSA) is 64.8 Å². The van der Waals surface area contributed by atoms with Gasteiger partial charge in [0, 0.05) is 19.2 Å². The first-order chi connectivity index (χ1) is 12.3. The number of methoxy groups -OCH3 is 1. The molecule has 0 N–H and O–H groups in total. The molecule has 0 radical (unpaired) electrons. The SMILES string of the molecule is COc1cccc(OCc2nc(C(=O)N3CCCCCCC3)co2)c1. The highest BCUT2D eigenvalue weighted by atomic mass is 16.5. The number of oxazole rings is 1. The van der Waals surface area contributed by atoms with Crippen molar-refractivity contribution < 1.29 is 18.7 Å². The lowest BCUT2D eigenvalue weighted by Crippen LogP contribution is -2.34. The molecule has 134 valence electrons. The maximum absolute atomic E-state index is 12.6. The molecule has 1 aliphatic rings. The number of hydrogen-bond acceptors (Lipinski definition) is 5. The minimum Gasteiger partial charge on any atom is -0.497 e. The summed E-state index contributed by atoms with van der Waals surface area (Å²) in [5.74, 6) is 1.71. The molecule has 1 saturated heterocycles. The van der Waals surface area contributed by atoms with Crippen LogP contribution in [0.15, 0.2) is 34.9 Å². The molecule has 25 heavy (non-hydrogen) atoms. The van der Waals surface area contributed by atoms with Crippen LogP contribution >= 0.6 is 0 Å². The summed E-state index contributed by atoms with van der Waals surface area (Å²) < 4.78 is 16.2. The van der Waals surface area contributed by atoms with Gasteiger partial charge in [-0.3, -0.25) is 4.79 Å². The highest BCUT2D eigenvalue weighted by molar-refractivity contribution is 5.92. The predicted octanol–water partition coefficient (Wildman–Crippen LogP) is 3.67. The Morgan fingerprint density at radius 3 is 2.64 bits per heavy atom. The van der Waals surface area contributed by atoms with Gasteiger partial charge in [0.05, 0.1) is 7.11 Å². The first-order valence-electron chi connectivity index (χ1n) is 8.77. The van der Waals surface area contributed by atoms with Crippen molar-refractivity contribution in [3.05, 3.63) is 42.1 Å². The van der Waals surface area contributed by atoms with E-state index in [1.54, 1.807) is 13.2 Å². The van der Waals surface area contributed by atoms with Gasteiger partial charge in [-0.05, 0) is 25.0 Å². The van der Waals surface area contributed by atoms with Gasteiger partial charge in [0.1, 0.15) is 17.8 Å². The van der Waals surface area contributed by atoms with E-state index < -0.39 is 0 Å². The van der Waals surface area contributed by atoms with Gasteiger partial charge in [-0.15, -0.1) is 0 Å². The van der Waals surface area contributed by atoms with Crippen molar-refractivity contribution in [3.8, 4) is 11.5 Å². The van der Waals surface area contributed by atoms with Crippen LogP contribution in [0.25, 0.3) is 0 Å². The molecule has 1 amide bonds. The van der Waals surface area contributed by atoms with Gasteiger partial charge in [0.2, 0.25) is 5.89 Å². The van der Waals surface area contributed by atoms with Gasteiger partial charge in [0.15, 0.2) is 12.3 Å². The minimum atomic E-state index is -0.0571. The van der Waals surface area contributed by atoms with Crippen molar-refractivity contribution in [2.75, 3.05) is 20.2 Å². The molecule has 0 saturated carbocycles. The van der Waals surface area contributed by atoms with Crippen LogP contribution < -0.4 is 9.47 Å². The molecule has 6 nitrogen and oxygen atoms in total. The van der Waals surface area contributed by atoms with E-state index >= 15 is 0 Å². The van der Waals surface area contributed by atoms with Crippen LogP contribution in [0.4, 0.5) is 0 Å². The Morgan fingerprint density at radius 1 is 1.16 bits per heavy atom. The van der Waals surface area contributed by atoms with Crippen molar-refractivity contribution in [2.24, 2.45) is 0 Å². The molecule has 3 rings (SSSR count). The van der Waals surface area contributed by atoms with Crippen LogP contribution in [-0.4, -0.2) is 36.0 Å². The Labute approximate surface area is 147 Å². The third kappa shape index (κ3) is 4.75. The second kappa shape index (κ2) is 8.55. The summed E-state index contributed by atoms with van der Waals surface area (Å²) in [4.78, 5) is 18.7. The molecular weight excluding hydrogens is 320 g/mol. The van der Waals surface area contributed by atoms with Gasteiger partial charge >= 0.3 is 0 Å². The van der Waals surface area contributed by atoms with Crippen molar-refractivity contribution >= 4 is 5.91 Å². The molecule has 0 atom stereocenters. The summed E-state index contributed by atoms with van der Waals surface area (Å²) in [7, 11) is 1.61. The summed E-state index contributed by atoms with van der Waals surface area (Å²) >= 11 is 0. The van der Waals surface area contributed by atoms with Gasteiger partial charge in [-0.1, -0.05) is 25.3 Å². The average molecular weight is 344 g/mol. The number of aromatic nitrogens is 1. The summed E-state index contributed by atoms with van der Waals surface area (Å²) in [6.07, 6.45) is 7.15. The maximum atomic E-state index is 12.6. The molecule has 1 aromatic heterocycles. The maximum Gasteiger partial charge on any atom is 0.275 e. The molecule has 0 aliphatic carbocycles. The number of ether oxygens (including phenoxy) is 2. The molecule has 0 bridgehead atoms. The van der Waals surface area contributed by atoms with Crippen LogP contribution in [-0.2, 0) is 6.61 Å². The summed E-state index contributed by atoms with van der Waals surface area (Å²) in [5, 5.41) is 0. The van der Waals surface area contributed by atoms with Gasteiger partial charge < -0.3 is 18.8 Å². The fourth-order valence-corrected chi connectivity index (χ4v) is 2.92.